The van der Waals surface area contributed by atoms with Crippen molar-refractivity contribution in [1.82, 2.24) is 0 Å². The quantitative estimate of drug-likeness (QED) is 0.755. The highest BCUT2D eigenvalue weighted by Gasteiger charge is 2.36. The Morgan fingerprint density at radius 3 is 2.05 bits per heavy atom. The number of fused-ring (bicyclic) bond motifs is 1. The van der Waals surface area contributed by atoms with Crippen LogP contribution in [0.5, 0.6) is 0 Å². The van der Waals surface area contributed by atoms with Crippen LogP contribution in [0.4, 0.5) is 10.1 Å². The van der Waals surface area contributed by atoms with Gasteiger partial charge in [-0.15, -0.1) is 0 Å². The van der Waals surface area contributed by atoms with Gasteiger partial charge in [0.05, 0.1) is 21.3 Å². The summed E-state index contributed by atoms with van der Waals surface area (Å²) in [6, 6.07) is 10.6. The van der Waals surface area contributed by atoms with E-state index in [2.05, 4.69) is 15.9 Å². The summed E-state index contributed by atoms with van der Waals surface area (Å²) in [5.74, 6) is -1.22. The van der Waals surface area contributed by atoms with Crippen LogP contribution in [0.3, 0.4) is 0 Å². The van der Waals surface area contributed by atoms with E-state index in [1.807, 2.05) is 0 Å². The van der Waals surface area contributed by atoms with E-state index in [1.54, 1.807) is 24.3 Å². The topological polar surface area (TPSA) is 37.4 Å². The van der Waals surface area contributed by atoms with Crippen molar-refractivity contribution >= 4 is 33.4 Å². The van der Waals surface area contributed by atoms with E-state index in [0.29, 0.717) is 16.8 Å². The van der Waals surface area contributed by atoms with Gasteiger partial charge in [0.15, 0.2) is 0 Å². The number of halogens is 2. The zero-order chi connectivity index (χ0) is 13.6. The molecule has 0 N–H and O–H groups in total. The van der Waals surface area contributed by atoms with Gasteiger partial charge in [0.25, 0.3) is 11.8 Å². The van der Waals surface area contributed by atoms with E-state index in [1.165, 1.54) is 18.2 Å². The Morgan fingerprint density at radius 2 is 1.53 bits per heavy atom. The average Bonchev–Trinajstić information content (AvgIpc) is 2.66. The molecular formula is C14H7BrFNO2. The molecule has 2 aromatic carbocycles. The first kappa shape index (κ1) is 12.0. The predicted octanol–water partition coefficient (Wildman–Crippen LogP) is 3.39. The number of hydrogen-bond acceptors (Lipinski definition) is 2. The summed E-state index contributed by atoms with van der Waals surface area (Å²) in [7, 11) is 0. The monoisotopic (exact) mass is 319 g/mol. The van der Waals surface area contributed by atoms with Crippen LogP contribution in [0.15, 0.2) is 46.9 Å². The van der Waals surface area contributed by atoms with Crippen LogP contribution >= 0.6 is 15.9 Å². The number of nitrogens with zero attached hydrogens (tertiary/aromatic N) is 1. The fourth-order valence-corrected chi connectivity index (χ4v) is 2.41. The summed E-state index contributed by atoms with van der Waals surface area (Å²) in [5.41, 5.74) is 1.08. The van der Waals surface area contributed by atoms with E-state index >= 15 is 0 Å². The normalized spacial score (nSPS) is 13.9. The first-order valence-electron chi connectivity index (χ1n) is 5.52. The lowest BCUT2D eigenvalue weighted by Crippen LogP contribution is -2.29. The molecule has 0 bridgehead atoms. The minimum Gasteiger partial charge on any atom is -0.268 e. The molecule has 0 atom stereocenters. The maximum Gasteiger partial charge on any atom is 0.266 e. The highest BCUT2D eigenvalue weighted by molar-refractivity contribution is 9.10. The maximum atomic E-state index is 13.2. The van der Waals surface area contributed by atoms with Gasteiger partial charge in [-0.25, -0.2) is 9.29 Å². The van der Waals surface area contributed by atoms with Crippen molar-refractivity contribution in [1.29, 1.82) is 0 Å². The lowest BCUT2D eigenvalue weighted by molar-refractivity contribution is 0.0926. The number of hydrogen-bond donors (Lipinski definition) is 0. The minimum atomic E-state index is -0.444. The van der Waals surface area contributed by atoms with Crippen molar-refractivity contribution in [2.45, 2.75) is 0 Å². The molecule has 2 amide bonds. The summed E-state index contributed by atoms with van der Waals surface area (Å²) in [4.78, 5) is 25.5. The Labute approximate surface area is 116 Å². The third kappa shape index (κ3) is 1.77. The summed E-state index contributed by atoms with van der Waals surface area (Å²) >= 11 is 3.04. The van der Waals surface area contributed by atoms with Gasteiger partial charge in [0, 0.05) is 0 Å². The number of anilines is 1. The number of amides is 2. The molecule has 2 aromatic rings. The summed E-state index contributed by atoms with van der Waals surface area (Å²) in [5, 5.41) is 0. The van der Waals surface area contributed by atoms with Gasteiger partial charge < -0.3 is 0 Å². The fourth-order valence-electron chi connectivity index (χ4n) is 2.05. The zero-order valence-electron chi connectivity index (χ0n) is 9.56. The van der Waals surface area contributed by atoms with Crippen molar-refractivity contribution in [2.75, 3.05) is 4.90 Å². The van der Waals surface area contributed by atoms with E-state index in [4.69, 9.17) is 0 Å². The standard InChI is InChI=1S/C14H7BrFNO2/c15-11-7-8(5-6-12(11)16)17-13(18)9-3-1-2-4-10(9)14(17)19/h1-7H. The number of benzene rings is 2. The zero-order valence-corrected chi connectivity index (χ0v) is 11.1. The molecule has 0 radical (unpaired) electrons. The molecule has 0 unspecified atom stereocenters. The highest BCUT2D eigenvalue weighted by Crippen LogP contribution is 2.30. The van der Waals surface area contributed by atoms with Gasteiger partial charge in [-0.05, 0) is 46.3 Å². The molecule has 0 aromatic heterocycles. The first-order valence-corrected chi connectivity index (χ1v) is 6.32. The molecule has 0 aliphatic carbocycles. The first-order chi connectivity index (χ1) is 9.09. The van der Waals surface area contributed by atoms with Crippen LogP contribution in [0.1, 0.15) is 20.7 Å². The molecule has 1 aliphatic heterocycles. The Morgan fingerprint density at radius 1 is 0.947 bits per heavy atom. The Kier molecular flexibility index (Phi) is 2.71. The van der Waals surface area contributed by atoms with Crippen LogP contribution in [-0.2, 0) is 0 Å². The van der Waals surface area contributed by atoms with Gasteiger partial charge in [-0.3, -0.25) is 9.59 Å². The van der Waals surface area contributed by atoms with Crippen molar-refractivity contribution in [3.8, 4) is 0 Å². The third-order valence-electron chi connectivity index (χ3n) is 2.96. The van der Waals surface area contributed by atoms with Gasteiger partial charge in [0.1, 0.15) is 5.82 Å². The second-order valence-corrected chi connectivity index (χ2v) is 4.94. The highest BCUT2D eigenvalue weighted by atomic mass is 79.9. The average molecular weight is 320 g/mol. The smallest absolute Gasteiger partial charge is 0.266 e. The maximum absolute atomic E-state index is 13.2. The Bertz CT molecular complexity index is 679. The largest absolute Gasteiger partial charge is 0.268 e. The molecular weight excluding hydrogens is 313 g/mol. The number of carbonyl (C=O) groups is 2. The Hall–Kier alpha value is -2.01. The SMILES string of the molecule is O=C1c2ccccc2C(=O)N1c1ccc(F)c(Br)c1. The number of carbonyl (C=O) groups excluding carboxylic acids is 2. The van der Waals surface area contributed by atoms with E-state index in [0.717, 1.165) is 4.90 Å². The number of rotatable bonds is 1. The predicted molar refractivity (Wildman–Crippen MR) is 71.7 cm³/mol. The second kappa shape index (κ2) is 4.28. The van der Waals surface area contributed by atoms with Crippen LogP contribution in [0, 0.1) is 5.82 Å². The molecule has 94 valence electrons. The number of imide groups is 1. The van der Waals surface area contributed by atoms with Gasteiger partial charge >= 0.3 is 0 Å². The molecule has 5 heteroatoms. The molecule has 0 fully saturated rings. The summed E-state index contributed by atoms with van der Waals surface area (Å²) < 4.78 is 13.4. The van der Waals surface area contributed by atoms with E-state index in [9.17, 15) is 14.0 Å². The van der Waals surface area contributed by atoms with Crippen molar-refractivity contribution in [3.05, 3.63) is 63.9 Å². The molecule has 3 nitrogen and oxygen atoms in total. The molecule has 1 aliphatic rings. The van der Waals surface area contributed by atoms with Gasteiger partial charge in [-0.1, -0.05) is 12.1 Å². The van der Waals surface area contributed by atoms with Crippen LogP contribution in [0.25, 0.3) is 0 Å². The third-order valence-corrected chi connectivity index (χ3v) is 3.56. The van der Waals surface area contributed by atoms with E-state index < -0.39 is 5.82 Å². The van der Waals surface area contributed by atoms with E-state index in [-0.39, 0.29) is 16.3 Å². The van der Waals surface area contributed by atoms with Crippen molar-refractivity contribution in [3.63, 3.8) is 0 Å². The van der Waals surface area contributed by atoms with Gasteiger partial charge in [0.2, 0.25) is 0 Å². The molecule has 3 rings (SSSR count). The van der Waals surface area contributed by atoms with Crippen LogP contribution < -0.4 is 4.90 Å². The fraction of sp³-hybridized carbons (Fsp3) is 0. The van der Waals surface area contributed by atoms with Crippen molar-refractivity contribution < 1.29 is 14.0 Å². The molecule has 0 spiro atoms. The molecule has 0 saturated heterocycles. The molecule has 19 heavy (non-hydrogen) atoms. The van der Waals surface area contributed by atoms with Crippen LogP contribution in [0.2, 0.25) is 0 Å². The summed E-state index contributed by atoms with van der Waals surface area (Å²) in [6.45, 7) is 0. The lowest BCUT2D eigenvalue weighted by Gasteiger charge is -2.14. The van der Waals surface area contributed by atoms with Crippen LogP contribution in [-0.4, -0.2) is 11.8 Å². The Balaban J connectivity index is 2.11. The minimum absolute atomic E-state index is 0.210. The summed E-state index contributed by atoms with van der Waals surface area (Å²) in [6.07, 6.45) is 0. The molecule has 1 heterocycles. The van der Waals surface area contributed by atoms with Gasteiger partial charge in [-0.2, -0.15) is 0 Å². The van der Waals surface area contributed by atoms with Crippen molar-refractivity contribution in [2.24, 2.45) is 0 Å². The second-order valence-electron chi connectivity index (χ2n) is 4.09. The molecule has 0 saturated carbocycles. The lowest BCUT2D eigenvalue weighted by atomic mass is 10.1.